The van der Waals surface area contributed by atoms with E-state index >= 15 is 0 Å². The summed E-state index contributed by atoms with van der Waals surface area (Å²) in [6.07, 6.45) is -5.02. The van der Waals surface area contributed by atoms with Gasteiger partial charge in [0.25, 0.3) is 0 Å². The van der Waals surface area contributed by atoms with Crippen molar-refractivity contribution in [3.8, 4) is 11.8 Å². The van der Waals surface area contributed by atoms with Gasteiger partial charge in [-0.05, 0) is 12.1 Å². The molecule has 114 valence electrons. The minimum atomic E-state index is -4.57. The Hall–Kier alpha value is -2.27. The van der Waals surface area contributed by atoms with Crippen molar-refractivity contribution in [3.05, 3.63) is 23.8 Å². The van der Waals surface area contributed by atoms with Crippen LogP contribution in [0.25, 0.3) is 0 Å². The second-order valence-corrected chi connectivity index (χ2v) is 3.97. The first-order valence-electron chi connectivity index (χ1n) is 5.87. The molecule has 1 N–H and O–H groups in total. The number of nitriles is 1. The molecule has 0 fully saturated rings. The molecule has 1 rings (SSSR count). The van der Waals surface area contributed by atoms with Gasteiger partial charge in [-0.3, -0.25) is 4.79 Å². The van der Waals surface area contributed by atoms with E-state index in [2.05, 4.69) is 5.32 Å². The van der Waals surface area contributed by atoms with Crippen molar-refractivity contribution in [2.75, 3.05) is 25.6 Å². The average Bonchev–Trinajstić information content (AvgIpc) is 2.38. The van der Waals surface area contributed by atoms with E-state index in [0.717, 1.165) is 12.1 Å². The molecule has 0 atom stereocenters. The van der Waals surface area contributed by atoms with Crippen molar-refractivity contribution in [1.82, 2.24) is 0 Å². The van der Waals surface area contributed by atoms with E-state index in [0.29, 0.717) is 0 Å². The van der Waals surface area contributed by atoms with Crippen LogP contribution in [-0.2, 0) is 15.7 Å². The van der Waals surface area contributed by atoms with Crippen molar-refractivity contribution in [1.29, 1.82) is 5.26 Å². The topological polar surface area (TPSA) is 71.3 Å². The van der Waals surface area contributed by atoms with E-state index in [1.165, 1.54) is 13.2 Å². The van der Waals surface area contributed by atoms with E-state index < -0.39 is 24.1 Å². The molecule has 5 nitrogen and oxygen atoms in total. The highest BCUT2D eigenvalue weighted by atomic mass is 19.4. The molecule has 21 heavy (non-hydrogen) atoms. The number of benzene rings is 1. The first-order valence-corrected chi connectivity index (χ1v) is 5.87. The summed E-state index contributed by atoms with van der Waals surface area (Å²) in [4.78, 5) is 11.3. The maximum absolute atomic E-state index is 12.8. The van der Waals surface area contributed by atoms with Gasteiger partial charge in [-0.15, -0.1) is 0 Å². The number of halogens is 3. The minimum absolute atomic E-state index is 0.0471. The Labute approximate surface area is 119 Å². The molecule has 0 unspecified atom stereocenters. The third-order valence-corrected chi connectivity index (χ3v) is 2.31. The number of nitrogens with one attached hydrogen (secondary N) is 1. The predicted molar refractivity (Wildman–Crippen MR) is 67.7 cm³/mol. The van der Waals surface area contributed by atoms with Crippen LogP contribution in [0.2, 0.25) is 0 Å². The van der Waals surface area contributed by atoms with Crippen molar-refractivity contribution >= 4 is 11.6 Å². The van der Waals surface area contributed by atoms with Crippen LogP contribution in [-0.4, -0.2) is 26.2 Å². The summed E-state index contributed by atoms with van der Waals surface area (Å²) in [7, 11) is 1.43. The Bertz CT molecular complexity index is 538. The van der Waals surface area contributed by atoms with Crippen LogP contribution in [0.15, 0.2) is 18.2 Å². The normalized spacial score (nSPS) is 10.8. The van der Waals surface area contributed by atoms with Gasteiger partial charge in [-0.2, -0.15) is 18.4 Å². The lowest BCUT2D eigenvalue weighted by Crippen LogP contribution is -2.13. The van der Waals surface area contributed by atoms with Crippen molar-refractivity contribution < 1.29 is 27.4 Å². The van der Waals surface area contributed by atoms with E-state index in [4.69, 9.17) is 14.7 Å². The molecular weight excluding hydrogens is 289 g/mol. The highest BCUT2D eigenvalue weighted by molar-refractivity contribution is 5.92. The Morgan fingerprint density at radius 3 is 2.62 bits per heavy atom. The molecule has 0 saturated heterocycles. The lowest BCUT2D eigenvalue weighted by atomic mass is 10.1. The van der Waals surface area contributed by atoms with Gasteiger partial charge >= 0.3 is 6.18 Å². The molecule has 0 bridgehead atoms. The quantitative estimate of drug-likeness (QED) is 0.820. The second kappa shape index (κ2) is 7.50. The van der Waals surface area contributed by atoms with Crippen molar-refractivity contribution in [2.45, 2.75) is 12.6 Å². The summed E-state index contributed by atoms with van der Waals surface area (Å²) in [6.45, 7) is 0.287. The summed E-state index contributed by atoms with van der Waals surface area (Å²) < 4.78 is 48.2. The molecule has 0 aliphatic rings. The Morgan fingerprint density at radius 2 is 2.05 bits per heavy atom. The van der Waals surface area contributed by atoms with Gasteiger partial charge in [0, 0.05) is 18.9 Å². The fourth-order valence-corrected chi connectivity index (χ4v) is 1.44. The molecule has 0 radical (unpaired) electrons. The van der Waals surface area contributed by atoms with Gasteiger partial charge in [0.15, 0.2) is 0 Å². The summed E-state index contributed by atoms with van der Waals surface area (Å²) in [5.74, 6) is -0.742. The number of carbonyl (C=O) groups is 1. The smallest absolute Gasteiger partial charge is 0.416 e. The SMILES string of the molecule is COCCOc1cc(NC(=O)CC#N)cc(C(F)(F)F)c1. The van der Waals surface area contributed by atoms with Gasteiger partial charge in [0.2, 0.25) is 5.91 Å². The second-order valence-electron chi connectivity index (χ2n) is 3.97. The van der Waals surface area contributed by atoms with Gasteiger partial charge in [0.1, 0.15) is 18.8 Å². The first-order chi connectivity index (χ1) is 9.86. The van der Waals surface area contributed by atoms with E-state index in [-0.39, 0.29) is 24.7 Å². The Kier molecular flexibility index (Phi) is 5.99. The predicted octanol–water partition coefficient (Wildman–Crippen LogP) is 2.58. The number of anilines is 1. The molecule has 0 aliphatic carbocycles. The molecule has 1 aromatic rings. The van der Waals surface area contributed by atoms with Gasteiger partial charge in [-0.25, -0.2) is 0 Å². The first kappa shape index (κ1) is 16.8. The molecular formula is C13H13F3N2O3. The summed E-state index contributed by atoms with van der Waals surface area (Å²) in [5.41, 5.74) is -1.04. The largest absolute Gasteiger partial charge is 0.491 e. The lowest BCUT2D eigenvalue weighted by Gasteiger charge is -2.13. The zero-order valence-corrected chi connectivity index (χ0v) is 11.2. The number of hydrogen-bond acceptors (Lipinski definition) is 4. The molecule has 8 heteroatoms. The summed E-state index contributed by atoms with van der Waals surface area (Å²) in [5, 5.41) is 10.6. The van der Waals surface area contributed by atoms with Gasteiger partial charge in [-0.1, -0.05) is 0 Å². The lowest BCUT2D eigenvalue weighted by molar-refractivity contribution is -0.137. The van der Waals surface area contributed by atoms with Crippen molar-refractivity contribution in [3.63, 3.8) is 0 Å². The number of amides is 1. The van der Waals surface area contributed by atoms with Crippen LogP contribution in [0, 0.1) is 11.3 Å². The number of alkyl halides is 3. The third-order valence-electron chi connectivity index (χ3n) is 2.31. The van der Waals surface area contributed by atoms with Crippen LogP contribution in [0.1, 0.15) is 12.0 Å². The number of hydrogen-bond donors (Lipinski definition) is 1. The molecule has 1 amide bonds. The Balaban J connectivity index is 2.98. The molecule has 0 saturated carbocycles. The van der Waals surface area contributed by atoms with Crippen LogP contribution >= 0.6 is 0 Å². The summed E-state index contributed by atoms with van der Waals surface area (Å²) >= 11 is 0. The van der Waals surface area contributed by atoms with E-state index in [9.17, 15) is 18.0 Å². The zero-order chi connectivity index (χ0) is 15.9. The van der Waals surface area contributed by atoms with Crippen LogP contribution in [0.3, 0.4) is 0 Å². The van der Waals surface area contributed by atoms with Crippen LogP contribution in [0.5, 0.6) is 5.75 Å². The van der Waals surface area contributed by atoms with Gasteiger partial charge in [0.05, 0.1) is 18.2 Å². The summed E-state index contributed by atoms with van der Waals surface area (Å²) in [6, 6.07) is 4.46. The van der Waals surface area contributed by atoms with E-state index in [1.807, 2.05) is 0 Å². The molecule has 0 heterocycles. The van der Waals surface area contributed by atoms with Crippen LogP contribution in [0.4, 0.5) is 18.9 Å². The fourth-order valence-electron chi connectivity index (χ4n) is 1.44. The van der Waals surface area contributed by atoms with Crippen LogP contribution < -0.4 is 10.1 Å². The molecule has 0 spiro atoms. The highest BCUT2D eigenvalue weighted by Crippen LogP contribution is 2.34. The number of methoxy groups -OCH3 is 1. The standard InChI is InChI=1S/C13H13F3N2O3/c1-20-4-5-21-11-7-9(13(14,15)16)6-10(8-11)18-12(19)2-3-17/h6-8H,2,4-5H2,1H3,(H,18,19). The average molecular weight is 302 g/mol. The van der Waals surface area contributed by atoms with Gasteiger partial charge < -0.3 is 14.8 Å². The number of rotatable bonds is 6. The monoisotopic (exact) mass is 302 g/mol. The van der Waals surface area contributed by atoms with E-state index in [1.54, 1.807) is 6.07 Å². The highest BCUT2D eigenvalue weighted by Gasteiger charge is 2.31. The number of ether oxygens (including phenoxy) is 2. The van der Waals surface area contributed by atoms with Crippen molar-refractivity contribution in [2.24, 2.45) is 0 Å². The zero-order valence-electron chi connectivity index (χ0n) is 11.2. The number of carbonyl (C=O) groups excluding carboxylic acids is 1. The maximum Gasteiger partial charge on any atom is 0.416 e. The minimum Gasteiger partial charge on any atom is -0.491 e. The molecule has 0 aromatic heterocycles. The number of nitrogens with zero attached hydrogens (tertiary/aromatic N) is 1. The maximum atomic E-state index is 12.8. The Morgan fingerprint density at radius 1 is 1.33 bits per heavy atom. The fraction of sp³-hybridized carbons (Fsp3) is 0.385. The molecule has 0 aliphatic heterocycles. The third kappa shape index (κ3) is 5.71. The molecule has 1 aromatic carbocycles.